The Morgan fingerprint density at radius 2 is 1.69 bits per heavy atom. The Hall–Kier alpha value is -1.51. The molecule has 1 aromatic carbocycles. The molecule has 0 heterocycles. The van der Waals surface area contributed by atoms with Crippen LogP contribution in [0.1, 0.15) is 27.3 Å². The number of carbonyl (C=O) groups is 1. The van der Waals surface area contributed by atoms with Gasteiger partial charge in [-0.25, -0.2) is 0 Å². The quantitative estimate of drug-likeness (QED) is 0.856. The van der Waals surface area contributed by atoms with Crippen molar-refractivity contribution in [2.45, 2.75) is 28.3 Å². The first-order chi connectivity index (χ1) is 6.59. The lowest BCUT2D eigenvalue weighted by atomic mass is 10.2. The van der Waals surface area contributed by atoms with Crippen LogP contribution in [0.15, 0.2) is 24.3 Å². The highest BCUT2D eigenvalue weighted by Crippen LogP contribution is 2.11. The predicted octanol–water partition coefficient (Wildman–Crippen LogP) is 2.66. The van der Waals surface area contributed by atoms with Gasteiger partial charge in [0.25, 0.3) is 0 Å². The van der Waals surface area contributed by atoms with E-state index in [1.54, 1.807) is 0 Å². The third-order valence-corrected chi connectivity index (χ3v) is 1.99. The molecule has 3 nitrogen and oxygen atoms in total. The minimum absolute atomic E-state index is 0. The third-order valence-electron chi connectivity index (χ3n) is 1.99. The molecule has 0 fully saturated rings. The molecule has 1 amide bonds. The molecule has 1 N–H and O–H groups in total. The molecule has 0 aliphatic carbocycles. The van der Waals surface area contributed by atoms with Crippen LogP contribution in [0.2, 0.25) is 0 Å². The van der Waals surface area contributed by atoms with Crippen molar-refractivity contribution in [1.82, 2.24) is 5.32 Å². The molecule has 0 saturated heterocycles. The molecule has 16 heavy (non-hydrogen) atoms. The molecule has 0 aliphatic heterocycles. The number of rotatable bonds is 3. The van der Waals surface area contributed by atoms with Gasteiger partial charge in [0.05, 0.1) is 0 Å². The molecule has 0 unspecified atom stereocenters. The van der Waals surface area contributed by atoms with E-state index in [0.29, 0.717) is 6.54 Å². The third kappa shape index (κ3) is 5.39. The number of benzene rings is 1. The summed E-state index contributed by atoms with van der Waals surface area (Å²) in [7, 11) is 4.01. The fraction of sp³-hybridized carbons (Fsp3) is 0.462. The van der Waals surface area contributed by atoms with E-state index >= 15 is 0 Å². The summed E-state index contributed by atoms with van der Waals surface area (Å²) < 4.78 is 0. The summed E-state index contributed by atoms with van der Waals surface area (Å²) in [5.74, 6) is 0.00156. The first-order valence-corrected chi connectivity index (χ1v) is 4.60. The number of hydrogen-bond acceptors (Lipinski definition) is 2. The summed E-state index contributed by atoms with van der Waals surface area (Å²) in [6.45, 7) is 2.12. The molecule has 92 valence electrons. The van der Waals surface area contributed by atoms with Crippen molar-refractivity contribution >= 4 is 11.6 Å². The number of hydrogen-bond donors (Lipinski definition) is 1. The van der Waals surface area contributed by atoms with E-state index in [2.05, 4.69) is 5.32 Å². The lowest BCUT2D eigenvalue weighted by molar-refractivity contribution is -0.119. The maximum Gasteiger partial charge on any atom is 0.217 e. The molecule has 1 rings (SSSR count). The zero-order valence-corrected chi connectivity index (χ0v) is 8.87. The van der Waals surface area contributed by atoms with Crippen molar-refractivity contribution in [2.75, 3.05) is 19.0 Å². The van der Waals surface area contributed by atoms with E-state index in [4.69, 9.17) is 0 Å². The molecule has 1 aromatic rings. The summed E-state index contributed by atoms with van der Waals surface area (Å²) >= 11 is 0. The van der Waals surface area contributed by atoms with Gasteiger partial charge in [0.1, 0.15) is 0 Å². The summed E-state index contributed by atoms with van der Waals surface area (Å²) in [5.41, 5.74) is 2.28. The van der Waals surface area contributed by atoms with E-state index in [1.807, 2.05) is 43.3 Å². The van der Waals surface area contributed by atoms with E-state index in [9.17, 15) is 4.79 Å². The minimum Gasteiger partial charge on any atom is -0.378 e. The van der Waals surface area contributed by atoms with Crippen LogP contribution in [0.5, 0.6) is 0 Å². The lowest BCUT2D eigenvalue weighted by Crippen LogP contribution is -2.18. The van der Waals surface area contributed by atoms with Crippen LogP contribution < -0.4 is 10.2 Å². The van der Waals surface area contributed by atoms with Crippen molar-refractivity contribution in [3.8, 4) is 0 Å². The van der Waals surface area contributed by atoms with Crippen LogP contribution in [-0.4, -0.2) is 20.0 Å². The van der Waals surface area contributed by atoms with Crippen molar-refractivity contribution in [3.63, 3.8) is 0 Å². The molecule has 3 heteroatoms. The van der Waals surface area contributed by atoms with Gasteiger partial charge in [0, 0.05) is 33.3 Å². The molecule has 0 bridgehead atoms. The second-order valence-corrected chi connectivity index (χ2v) is 3.47. The van der Waals surface area contributed by atoms with E-state index in [1.165, 1.54) is 6.92 Å². The average molecular weight is 224 g/mol. The highest BCUT2D eigenvalue weighted by molar-refractivity contribution is 5.72. The lowest BCUT2D eigenvalue weighted by Gasteiger charge is -2.12. The van der Waals surface area contributed by atoms with Crippen LogP contribution in [-0.2, 0) is 11.3 Å². The zero-order valence-electron chi connectivity index (χ0n) is 8.87. The number of nitrogens with one attached hydrogen (secondary N) is 1. The van der Waals surface area contributed by atoms with Gasteiger partial charge in [-0.2, -0.15) is 0 Å². The van der Waals surface area contributed by atoms with Crippen LogP contribution in [0.25, 0.3) is 0 Å². The Kier molecular flexibility index (Phi) is 8.18. The van der Waals surface area contributed by atoms with Gasteiger partial charge in [0.2, 0.25) is 5.91 Å². The van der Waals surface area contributed by atoms with Crippen LogP contribution in [0.3, 0.4) is 0 Å². The zero-order chi connectivity index (χ0) is 10.6. The van der Waals surface area contributed by atoms with Crippen molar-refractivity contribution in [1.29, 1.82) is 0 Å². The van der Waals surface area contributed by atoms with Gasteiger partial charge in [-0.05, 0) is 17.7 Å². The summed E-state index contributed by atoms with van der Waals surface area (Å²) in [6, 6.07) is 8.12. The molecular weight excluding hydrogens is 200 g/mol. The summed E-state index contributed by atoms with van der Waals surface area (Å²) in [6.07, 6.45) is 0. The minimum atomic E-state index is 0. The largest absolute Gasteiger partial charge is 0.378 e. The second kappa shape index (κ2) is 7.74. The topological polar surface area (TPSA) is 32.3 Å². The molecule has 0 atom stereocenters. The first kappa shape index (κ1) is 16.9. The Morgan fingerprint density at radius 3 is 2.06 bits per heavy atom. The predicted molar refractivity (Wildman–Crippen MR) is 71.8 cm³/mol. The molecule has 0 spiro atoms. The van der Waals surface area contributed by atoms with Crippen LogP contribution >= 0.6 is 0 Å². The number of amides is 1. The van der Waals surface area contributed by atoms with Gasteiger partial charge in [0.15, 0.2) is 0 Å². The van der Waals surface area contributed by atoms with Crippen molar-refractivity contribution < 1.29 is 4.79 Å². The summed E-state index contributed by atoms with van der Waals surface area (Å²) in [4.78, 5) is 12.7. The van der Waals surface area contributed by atoms with Crippen molar-refractivity contribution in [2.24, 2.45) is 0 Å². The Morgan fingerprint density at radius 1 is 1.19 bits per heavy atom. The number of carbonyl (C=O) groups excluding carboxylic acids is 1. The van der Waals surface area contributed by atoms with Gasteiger partial charge in [-0.1, -0.05) is 27.0 Å². The van der Waals surface area contributed by atoms with Crippen LogP contribution in [0.4, 0.5) is 5.69 Å². The highest BCUT2D eigenvalue weighted by Gasteiger charge is 1.96. The number of anilines is 1. The summed E-state index contributed by atoms with van der Waals surface area (Å²) in [5, 5.41) is 2.76. The van der Waals surface area contributed by atoms with Gasteiger partial charge in [-0.3, -0.25) is 4.79 Å². The van der Waals surface area contributed by atoms with Gasteiger partial charge >= 0.3 is 0 Å². The molecule has 0 radical (unpaired) electrons. The maximum atomic E-state index is 10.7. The van der Waals surface area contributed by atoms with E-state index in [-0.39, 0.29) is 20.8 Å². The maximum absolute atomic E-state index is 10.7. The molecule has 0 saturated carbocycles. The normalized spacial score (nSPS) is 8.44. The number of nitrogens with zero attached hydrogens (tertiary/aromatic N) is 1. The van der Waals surface area contributed by atoms with E-state index in [0.717, 1.165) is 11.3 Å². The van der Waals surface area contributed by atoms with Crippen molar-refractivity contribution in [3.05, 3.63) is 29.8 Å². The highest BCUT2D eigenvalue weighted by atomic mass is 16.1. The van der Waals surface area contributed by atoms with E-state index < -0.39 is 0 Å². The average Bonchev–Trinajstić information content (AvgIpc) is 2.15. The van der Waals surface area contributed by atoms with Gasteiger partial charge in [-0.15, -0.1) is 0 Å². The SMILES string of the molecule is C.C.CC(=O)NCc1ccc(N(C)C)cc1. The standard InChI is InChI=1S/C11H16N2O.2CH4/c1-9(14)12-8-10-4-6-11(7-5-10)13(2)3;;/h4-7H,8H2,1-3H3,(H,12,14);2*1H4. The molecule has 0 aromatic heterocycles. The molecular formula is C13H24N2O. The fourth-order valence-corrected chi connectivity index (χ4v) is 1.14. The molecule has 0 aliphatic rings. The first-order valence-electron chi connectivity index (χ1n) is 4.60. The Bertz CT molecular complexity index is 304. The Labute approximate surface area is 99.5 Å². The monoisotopic (exact) mass is 224 g/mol. The second-order valence-electron chi connectivity index (χ2n) is 3.47. The Balaban J connectivity index is 0. The smallest absolute Gasteiger partial charge is 0.217 e. The fourth-order valence-electron chi connectivity index (χ4n) is 1.14. The van der Waals surface area contributed by atoms with Gasteiger partial charge < -0.3 is 10.2 Å². The van der Waals surface area contributed by atoms with Crippen LogP contribution in [0, 0.1) is 0 Å².